The highest BCUT2D eigenvalue weighted by Crippen LogP contribution is 2.28. The van der Waals surface area contributed by atoms with Crippen LogP contribution in [0.4, 0.5) is 4.39 Å². The summed E-state index contributed by atoms with van der Waals surface area (Å²) in [6.07, 6.45) is -1.40. The van der Waals surface area contributed by atoms with Crippen molar-refractivity contribution in [3.63, 3.8) is 0 Å². The van der Waals surface area contributed by atoms with Crippen molar-refractivity contribution in [3.8, 4) is 0 Å². The Morgan fingerprint density at radius 1 is 1.00 bits per heavy atom. The summed E-state index contributed by atoms with van der Waals surface area (Å²) < 4.78 is 14.4. The van der Waals surface area contributed by atoms with Crippen LogP contribution >= 0.6 is 15.9 Å². The first kappa shape index (κ1) is 22.7. The van der Waals surface area contributed by atoms with E-state index in [4.69, 9.17) is 0 Å². The van der Waals surface area contributed by atoms with E-state index < -0.39 is 23.8 Å². The number of benzene rings is 3. The summed E-state index contributed by atoms with van der Waals surface area (Å²) >= 11 is 3.11. The SMILES string of the molecule is O=C([O-])[C@H](Cc1ccccc1)[C@@H](O)c1ccc(Br)cc1F.[NH3+]Cc1ccccc1. The number of aliphatic carboxylic acids is 1. The van der Waals surface area contributed by atoms with Gasteiger partial charge in [0, 0.05) is 27.5 Å². The predicted octanol–water partition coefficient (Wildman–Crippen LogP) is 2.66. The van der Waals surface area contributed by atoms with E-state index in [1.54, 1.807) is 30.3 Å². The van der Waals surface area contributed by atoms with Gasteiger partial charge in [0.05, 0.1) is 12.6 Å². The lowest BCUT2D eigenvalue weighted by Crippen LogP contribution is -2.47. The van der Waals surface area contributed by atoms with E-state index in [1.807, 2.05) is 24.3 Å². The molecule has 0 unspecified atom stereocenters. The largest absolute Gasteiger partial charge is 0.550 e. The van der Waals surface area contributed by atoms with Gasteiger partial charge in [-0.1, -0.05) is 82.7 Å². The molecule has 0 bridgehead atoms. The van der Waals surface area contributed by atoms with Crippen LogP contribution in [0.5, 0.6) is 0 Å². The highest BCUT2D eigenvalue weighted by atomic mass is 79.9. The molecule has 0 amide bonds. The van der Waals surface area contributed by atoms with E-state index >= 15 is 0 Å². The summed E-state index contributed by atoms with van der Waals surface area (Å²) in [5.74, 6) is -3.28. The third-order valence-corrected chi connectivity index (χ3v) is 4.89. The molecule has 0 fully saturated rings. The van der Waals surface area contributed by atoms with Crippen LogP contribution in [0.2, 0.25) is 0 Å². The molecule has 4 N–H and O–H groups in total. The number of quaternary nitrogens is 1. The van der Waals surface area contributed by atoms with Gasteiger partial charge in [0.2, 0.25) is 0 Å². The van der Waals surface area contributed by atoms with E-state index in [1.165, 1.54) is 17.7 Å². The van der Waals surface area contributed by atoms with Crippen LogP contribution in [0.15, 0.2) is 83.3 Å². The number of carbonyl (C=O) groups excluding carboxylic acids is 1. The predicted molar refractivity (Wildman–Crippen MR) is 111 cm³/mol. The molecule has 0 aliphatic rings. The Labute approximate surface area is 177 Å². The first-order valence-electron chi connectivity index (χ1n) is 9.13. The number of rotatable bonds is 6. The molecule has 3 aromatic rings. The summed E-state index contributed by atoms with van der Waals surface area (Å²) in [6, 6.07) is 23.2. The minimum atomic E-state index is -1.47. The van der Waals surface area contributed by atoms with E-state index in [9.17, 15) is 19.4 Å². The first-order chi connectivity index (χ1) is 13.9. The number of hydrogen-bond donors (Lipinski definition) is 2. The number of carbonyl (C=O) groups is 1. The van der Waals surface area contributed by atoms with Gasteiger partial charge in [0.25, 0.3) is 0 Å². The molecular weight excluding hydrogens is 437 g/mol. The molecule has 0 radical (unpaired) electrons. The second-order valence-corrected chi connectivity index (χ2v) is 7.38. The number of carboxylic acids is 1. The molecule has 29 heavy (non-hydrogen) atoms. The number of carboxylic acid groups (broad SMARTS) is 1. The Hall–Kier alpha value is -2.54. The summed E-state index contributed by atoms with van der Waals surface area (Å²) in [5, 5.41) is 21.5. The quantitative estimate of drug-likeness (QED) is 0.593. The Morgan fingerprint density at radius 2 is 1.55 bits per heavy atom. The maximum absolute atomic E-state index is 13.9. The van der Waals surface area contributed by atoms with E-state index in [0.29, 0.717) is 4.47 Å². The Morgan fingerprint density at radius 3 is 2.00 bits per heavy atom. The van der Waals surface area contributed by atoms with E-state index in [0.717, 1.165) is 12.1 Å². The molecule has 0 saturated carbocycles. The molecule has 6 heteroatoms. The van der Waals surface area contributed by atoms with Crippen molar-refractivity contribution < 1.29 is 25.1 Å². The minimum absolute atomic E-state index is 0.0525. The van der Waals surface area contributed by atoms with E-state index in [2.05, 4.69) is 33.8 Å². The Bertz CT molecular complexity index is 907. The van der Waals surface area contributed by atoms with Gasteiger partial charge in [0.15, 0.2) is 0 Å². The molecular formula is C23H23BrFNO3. The fraction of sp³-hybridized carbons (Fsp3) is 0.174. The minimum Gasteiger partial charge on any atom is -0.550 e. The Balaban J connectivity index is 0.000000313. The van der Waals surface area contributed by atoms with Crippen LogP contribution < -0.4 is 10.8 Å². The molecule has 4 nitrogen and oxygen atoms in total. The highest BCUT2D eigenvalue weighted by Gasteiger charge is 2.25. The molecule has 3 aromatic carbocycles. The maximum Gasteiger partial charge on any atom is 0.130 e. The fourth-order valence-corrected chi connectivity index (χ4v) is 3.13. The van der Waals surface area contributed by atoms with Crippen LogP contribution in [0, 0.1) is 11.7 Å². The number of aliphatic hydroxyl groups is 1. The first-order valence-corrected chi connectivity index (χ1v) is 9.92. The van der Waals surface area contributed by atoms with Crippen LogP contribution in [0.1, 0.15) is 22.8 Å². The molecule has 152 valence electrons. The number of hydrogen-bond acceptors (Lipinski definition) is 3. The van der Waals surface area contributed by atoms with Gasteiger partial charge in [-0.05, 0) is 24.1 Å². The second kappa shape index (κ2) is 11.5. The fourth-order valence-electron chi connectivity index (χ4n) is 2.79. The lowest BCUT2D eigenvalue weighted by Gasteiger charge is -2.24. The van der Waals surface area contributed by atoms with E-state index in [-0.39, 0.29) is 12.0 Å². The van der Waals surface area contributed by atoms with Gasteiger partial charge >= 0.3 is 0 Å². The van der Waals surface area contributed by atoms with Crippen LogP contribution in [-0.4, -0.2) is 11.1 Å². The molecule has 3 rings (SSSR count). The molecule has 0 aliphatic heterocycles. The number of aliphatic hydroxyl groups excluding tert-OH is 1. The zero-order chi connectivity index (χ0) is 21.2. The monoisotopic (exact) mass is 459 g/mol. The van der Waals surface area contributed by atoms with Gasteiger partial charge in [-0.25, -0.2) is 4.39 Å². The topological polar surface area (TPSA) is 88.0 Å². The van der Waals surface area contributed by atoms with Crippen LogP contribution in [-0.2, 0) is 17.8 Å². The van der Waals surface area contributed by atoms with Gasteiger partial charge in [-0.2, -0.15) is 0 Å². The lowest BCUT2D eigenvalue weighted by molar-refractivity contribution is -0.386. The Kier molecular flexibility index (Phi) is 8.99. The van der Waals surface area contributed by atoms with Crippen molar-refractivity contribution in [2.45, 2.75) is 19.1 Å². The second-order valence-electron chi connectivity index (χ2n) is 6.46. The highest BCUT2D eigenvalue weighted by molar-refractivity contribution is 9.10. The van der Waals surface area contributed by atoms with Crippen molar-refractivity contribution in [1.29, 1.82) is 0 Å². The van der Waals surface area contributed by atoms with Crippen molar-refractivity contribution in [2.24, 2.45) is 5.92 Å². The number of halogens is 2. The average Bonchev–Trinajstić information content (AvgIpc) is 2.73. The molecule has 0 saturated heterocycles. The third kappa shape index (κ3) is 7.09. The normalized spacial score (nSPS) is 12.4. The molecule has 2 atom stereocenters. The smallest absolute Gasteiger partial charge is 0.130 e. The zero-order valence-corrected chi connectivity index (χ0v) is 17.4. The zero-order valence-electron chi connectivity index (χ0n) is 15.8. The molecule has 0 aliphatic carbocycles. The average molecular weight is 460 g/mol. The van der Waals surface area contributed by atoms with Gasteiger partial charge < -0.3 is 20.7 Å². The van der Waals surface area contributed by atoms with Gasteiger partial charge in [-0.3, -0.25) is 0 Å². The van der Waals surface area contributed by atoms with Crippen molar-refractivity contribution in [3.05, 3.63) is 106 Å². The third-order valence-electron chi connectivity index (χ3n) is 4.39. The lowest BCUT2D eigenvalue weighted by atomic mass is 9.89. The summed E-state index contributed by atoms with van der Waals surface area (Å²) in [5.41, 5.74) is 5.74. The molecule has 0 heterocycles. The van der Waals surface area contributed by atoms with Crippen LogP contribution in [0.25, 0.3) is 0 Å². The molecule has 0 spiro atoms. The summed E-state index contributed by atoms with van der Waals surface area (Å²) in [7, 11) is 0. The standard InChI is InChI=1S/C16H14BrFO3.C7H9N/c17-11-6-7-12(14(18)9-11)15(19)13(16(20)21)8-10-4-2-1-3-5-10;8-6-7-4-2-1-3-5-7/h1-7,9,13,15,19H,8H2,(H,20,21);1-5H,6,8H2/t13-,15+;/m1./s1. The molecule has 0 aromatic heterocycles. The van der Waals surface area contributed by atoms with Crippen molar-refractivity contribution in [2.75, 3.05) is 0 Å². The van der Waals surface area contributed by atoms with Crippen molar-refractivity contribution >= 4 is 21.9 Å². The van der Waals surface area contributed by atoms with Gasteiger partial charge in [-0.15, -0.1) is 0 Å². The maximum atomic E-state index is 13.9. The van der Waals surface area contributed by atoms with Crippen molar-refractivity contribution in [1.82, 2.24) is 0 Å². The summed E-state index contributed by atoms with van der Waals surface area (Å²) in [6.45, 7) is 0.890. The van der Waals surface area contributed by atoms with Crippen LogP contribution in [0.3, 0.4) is 0 Å². The van der Waals surface area contributed by atoms with Gasteiger partial charge in [0.1, 0.15) is 5.82 Å². The summed E-state index contributed by atoms with van der Waals surface area (Å²) in [4.78, 5) is 11.3.